The van der Waals surface area contributed by atoms with Gasteiger partial charge in [0.2, 0.25) is 5.91 Å². The molecular formula is C33H33NO11S. The Labute approximate surface area is 266 Å². The summed E-state index contributed by atoms with van der Waals surface area (Å²) in [5.74, 6) is -3.80. The van der Waals surface area contributed by atoms with Crippen molar-refractivity contribution in [3.8, 4) is 16.9 Å². The monoisotopic (exact) mass is 651 g/mol. The maximum absolute atomic E-state index is 13.4. The number of β-lactam (4-membered cyclic amide) rings is 1. The lowest BCUT2D eigenvalue weighted by Crippen LogP contribution is -2.63. The molecule has 1 aliphatic carbocycles. The number of esters is 1. The number of hydrogen-bond donors (Lipinski definition) is 0. The third-order valence-corrected chi connectivity index (χ3v) is 8.80. The van der Waals surface area contributed by atoms with Gasteiger partial charge in [0.05, 0.1) is 30.7 Å². The summed E-state index contributed by atoms with van der Waals surface area (Å²) in [5, 5.41) is 0. The molecule has 1 amide bonds. The second-order valence-electron chi connectivity index (χ2n) is 11.2. The van der Waals surface area contributed by atoms with Gasteiger partial charge in [0, 0.05) is 28.2 Å². The molecule has 0 bridgehead atoms. The first-order valence-corrected chi connectivity index (χ1v) is 16.3. The van der Waals surface area contributed by atoms with Gasteiger partial charge in [0.25, 0.3) is 10.1 Å². The second-order valence-corrected chi connectivity index (χ2v) is 12.8. The number of ketones is 1. The molecule has 0 saturated carbocycles. The van der Waals surface area contributed by atoms with Crippen LogP contribution < -0.4 is 4.74 Å². The largest absolute Gasteiger partial charge is 0.488 e. The van der Waals surface area contributed by atoms with Gasteiger partial charge < -0.3 is 14.4 Å². The molecule has 3 unspecified atom stereocenters. The van der Waals surface area contributed by atoms with Gasteiger partial charge in [0.1, 0.15) is 31.3 Å². The lowest BCUT2D eigenvalue weighted by atomic mass is 9.74. The molecule has 2 aromatic carbocycles. The van der Waals surface area contributed by atoms with Crippen molar-refractivity contribution in [2.24, 2.45) is 17.8 Å². The fraction of sp³-hybridized carbons (Fsp3) is 0.333. The first-order valence-electron chi connectivity index (χ1n) is 14.5. The van der Waals surface area contributed by atoms with Crippen molar-refractivity contribution in [3.05, 3.63) is 89.7 Å². The molecule has 1 fully saturated rings. The van der Waals surface area contributed by atoms with Crippen molar-refractivity contribution >= 4 is 33.7 Å². The zero-order valence-electron chi connectivity index (χ0n) is 25.5. The van der Waals surface area contributed by atoms with E-state index >= 15 is 0 Å². The Balaban J connectivity index is 1.42. The van der Waals surface area contributed by atoms with Crippen LogP contribution in [0.15, 0.2) is 73.0 Å². The molecule has 2 heterocycles. The molecule has 2 aliphatic heterocycles. The Hall–Kier alpha value is -4.59. The minimum atomic E-state index is -3.67. The Morgan fingerprint density at radius 2 is 1.76 bits per heavy atom. The van der Waals surface area contributed by atoms with Crippen LogP contribution in [0.4, 0.5) is 0 Å². The maximum Gasteiger partial charge on any atom is 0.355 e. The highest BCUT2D eigenvalue weighted by Gasteiger charge is 2.61. The van der Waals surface area contributed by atoms with Crippen LogP contribution in [0.2, 0.25) is 0 Å². The fourth-order valence-electron chi connectivity index (χ4n) is 6.09. The molecule has 3 aliphatic rings. The van der Waals surface area contributed by atoms with Crippen LogP contribution in [0.1, 0.15) is 35.3 Å². The number of hydrogen-bond acceptors (Lipinski definition) is 11. The third kappa shape index (κ3) is 6.00. The molecule has 5 rings (SSSR count). The van der Waals surface area contributed by atoms with E-state index in [2.05, 4.69) is 13.2 Å². The van der Waals surface area contributed by atoms with E-state index in [9.17, 15) is 27.6 Å². The average molecular weight is 652 g/mol. The van der Waals surface area contributed by atoms with Crippen molar-refractivity contribution < 1.29 is 51.0 Å². The number of nitrogens with zero attached hydrogens (tertiary/aromatic N) is 1. The number of amides is 1. The molecule has 2 aromatic rings. The van der Waals surface area contributed by atoms with E-state index in [1.54, 1.807) is 43.3 Å². The number of carbonyl (C=O) groups is 4. The first-order chi connectivity index (χ1) is 21.9. The van der Waals surface area contributed by atoms with Crippen LogP contribution in [0.5, 0.6) is 5.75 Å². The topological polar surface area (TPSA) is 152 Å². The highest BCUT2D eigenvalue weighted by Crippen LogP contribution is 2.50. The Kier molecular flexibility index (Phi) is 9.29. The van der Waals surface area contributed by atoms with Gasteiger partial charge in [-0.3, -0.25) is 18.7 Å². The zero-order chi connectivity index (χ0) is 33.3. The van der Waals surface area contributed by atoms with E-state index in [1.165, 1.54) is 17.1 Å². The molecule has 46 heavy (non-hydrogen) atoms. The third-order valence-electron chi connectivity index (χ3n) is 8.25. The lowest BCUT2D eigenvalue weighted by molar-refractivity contribution is -0.271. The lowest BCUT2D eigenvalue weighted by Gasteiger charge is -2.47. The van der Waals surface area contributed by atoms with E-state index < -0.39 is 51.8 Å². The maximum atomic E-state index is 13.4. The van der Waals surface area contributed by atoms with Crippen molar-refractivity contribution in [2.45, 2.75) is 26.5 Å². The minimum Gasteiger partial charge on any atom is -0.488 e. The van der Waals surface area contributed by atoms with Crippen LogP contribution in [0.25, 0.3) is 11.1 Å². The zero-order valence-corrected chi connectivity index (χ0v) is 26.3. The van der Waals surface area contributed by atoms with Gasteiger partial charge in [-0.1, -0.05) is 56.8 Å². The van der Waals surface area contributed by atoms with Gasteiger partial charge in [-0.25, -0.2) is 9.59 Å². The van der Waals surface area contributed by atoms with Gasteiger partial charge in [-0.2, -0.15) is 13.3 Å². The molecular weight excluding hydrogens is 618 g/mol. The predicted molar refractivity (Wildman–Crippen MR) is 163 cm³/mol. The highest BCUT2D eigenvalue weighted by atomic mass is 32.2. The molecule has 4 atom stereocenters. The summed E-state index contributed by atoms with van der Waals surface area (Å²) in [6, 6.07) is 9.47. The van der Waals surface area contributed by atoms with Crippen LogP contribution in [0, 0.1) is 17.8 Å². The number of ether oxygens (including phenoxy) is 2. The molecule has 12 nitrogen and oxygen atoms in total. The Morgan fingerprint density at radius 1 is 1.02 bits per heavy atom. The highest BCUT2D eigenvalue weighted by molar-refractivity contribution is 7.85. The van der Waals surface area contributed by atoms with Crippen molar-refractivity contribution in [2.75, 3.05) is 26.1 Å². The molecule has 0 aromatic heterocycles. The quantitative estimate of drug-likeness (QED) is 0.0479. The summed E-state index contributed by atoms with van der Waals surface area (Å²) in [5.41, 5.74) is 2.97. The summed E-state index contributed by atoms with van der Waals surface area (Å²) in [7, 11) is -3.67. The van der Waals surface area contributed by atoms with Gasteiger partial charge in [0.15, 0.2) is 5.78 Å². The molecule has 0 spiro atoms. The standard InChI is InChI=1S/C33H33NO11S/c1-6-13-41-33(38)29-24(18(3)28-26(31(36)34(28)29)19(4)32(37)45-43-14-7-2)17-42-25-10-8-9-22-27(25)21-12-11-20(15-23(21)30(22)35)16-44-46(5,39)40/h6-12,15,18-19,26,28H,1-2,13-14,16-17H2,3-5H3/t18-,19?,26?,28?/m0/s1. The van der Waals surface area contributed by atoms with E-state index in [1.807, 2.05) is 6.92 Å². The number of benzene rings is 2. The van der Waals surface area contributed by atoms with E-state index in [0.29, 0.717) is 39.1 Å². The summed E-state index contributed by atoms with van der Waals surface area (Å²) in [4.78, 5) is 63.6. The molecule has 13 heteroatoms. The number of fused-ring (bicyclic) bond motifs is 4. The smallest absolute Gasteiger partial charge is 0.355 e. The van der Waals surface area contributed by atoms with Crippen molar-refractivity contribution in [1.29, 1.82) is 0 Å². The SMILES string of the molecule is C=CCOOC(=O)C(C)C1C(=O)N2C(C(=O)OCC=C)=C(COc3cccc4c3-c3ccc(COS(C)(=O)=O)cc3C4=O)[C@H](C)C12. The summed E-state index contributed by atoms with van der Waals surface area (Å²) in [6.07, 6.45) is 3.77. The van der Waals surface area contributed by atoms with Crippen molar-refractivity contribution in [3.63, 3.8) is 0 Å². The summed E-state index contributed by atoms with van der Waals surface area (Å²) >= 11 is 0. The van der Waals surface area contributed by atoms with Crippen molar-refractivity contribution in [1.82, 2.24) is 4.90 Å². The normalized spacial score (nSPS) is 20.3. The van der Waals surface area contributed by atoms with E-state index in [0.717, 1.165) is 6.26 Å². The van der Waals surface area contributed by atoms with Crippen LogP contribution >= 0.6 is 0 Å². The predicted octanol–water partition coefficient (Wildman–Crippen LogP) is 3.51. The molecule has 0 N–H and O–H groups in total. The summed E-state index contributed by atoms with van der Waals surface area (Å²) in [6.45, 7) is 10.0. The number of carbonyl (C=O) groups excluding carboxylic acids is 4. The van der Waals surface area contributed by atoms with Crippen LogP contribution in [0.3, 0.4) is 0 Å². The minimum absolute atomic E-state index is 0.0105. The van der Waals surface area contributed by atoms with Gasteiger partial charge in [-0.15, -0.1) is 6.58 Å². The van der Waals surface area contributed by atoms with Gasteiger partial charge in [-0.05, 0) is 23.3 Å². The second kappa shape index (κ2) is 13.0. The Morgan fingerprint density at radius 3 is 2.46 bits per heavy atom. The average Bonchev–Trinajstić information content (AvgIpc) is 3.45. The molecule has 0 radical (unpaired) electrons. The number of rotatable bonds is 14. The Bertz CT molecular complexity index is 1780. The molecule has 1 saturated heterocycles. The van der Waals surface area contributed by atoms with E-state index in [-0.39, 0.29) is 37.9 Å². The summed E-state index contributed by atoms with van der Waals surface area (Å²) < 4.78 is 39.4. The van der Waals surface area contributed by atoms with Crippen LogP contribution in [-0.4, -0.2) is 69.1 Å². The van der Waals surface area contributed by atoms with Crippen LogP contribution in [-0.2, 0) is 49.8 Å². The molecule has 242 valence electrons. The van der Waals surface area contributed by atoms with Gasteiger partial charge >= 0.3 is 11.9 Å². The fourth-order valence-corrected chi connectivity index (χ4v) is 6.44. The first kappa shape index (κ1) is 32.8. The van der Waals surface area contributed by atoms with E-state index in [4.69, 9.17) is 23.4 Å².